The number of aryl methyl sites for hydroxylation is 2. The van der Waals surface area contributed by atoms with Gasteiger partial charge in [0, 0.05) is 30.6 Å². The molecule has 0 saturated heterocycles. The second-order valence-electron chi connectivity index (χ2n) is 7.21. The molecule has 0 aliphatic heterocycles. The minimum atomic E-state index is -0.101. The summed E-state index contributed by atoms with van der Waals surface area (Å²) in [5, 5.41) is 7.36. The summed E-state index contributed by atoms with van der Waals surface area (Å²) in [6.45, 7) is 3.01. The highest BCUT2D eigenvalue weighted by molar-refractivity contribution is 5.94. The molecular formula is C24H24N4O2. The van der Waals surface area contributed by atoms with Gasteiger partial charge in [0.05, 0.1) is 5.69 Å². The summed E-state index contributed by atoms with van der Waals surface area (Å²) < 4.78 is 7.60. The van der Waals surface area contributed by atoms with E-state index in [0.717, 1.165) is 35.3 Å². The maximum Gasteiger partial charge on any atom is 0.251 e. The van der Waals surface area contributed by atoms with Crippen LogP contribution in [0.2, 0.25) is 0 Å². The number of nitrogens with one attached hydrogen (secondary N) is 1. The van der Waals surface area contributed by atoms with Gasteiger partial charge in [0.15, 0.2) is 5.65 Å². The molecule has 0 bridgehead atoms. The number of amides is 1. The molecule has 0 atom stereocenters. The van der Waals surface area contributed by atoms with Crippen molar-refractivity contribution < 1.29 is 9.53 Å². The van der Waals surface area contributed by atoms with Gasteiger partial charge in [-0.05, 0) is 49.1 Å². The molecule has 6 nitrogen and oxygen atoms in total. The predicted octanol–water partition coefficient (Wildman–Crippen LogP) is 3.98. The molecule has 6 heteroatoms. The number of aromatic nitrogens is 3. The van der Waals surface area contributed by atoms with Crippen LogP contribution in [0.1, 0.15) is 33.6 Å². The van der Waals surface area contributed by atoms with E-state index in [9.17, 15) is 4.79 Å². The number of hydrogen-bond donors (Lipinski definition) is 1. The van der Waals surface area contributed by atoms with Gasteiger partial charge in [-0.15, -0.1) is 0 Å². The summed E-state index contributed by atoms with van der Waals surface area (Å²) in [6, 6.07) is 19.2. The number of rotatable bonds is 8. The number of carbonyl (C=O) groups is 1. The Balaban J connectivity index is 1.26. The third kappa shape index (κ3) is 5.03. The quantitative estimate of drug-likeness (QED) is 0.454. The maximum absolute atomic E-state index is 12.5. The molecule has 0 spiro atoms. The molecule has 4 aromatic rings. The highest BCUT2D eigenvalue weighted by atomic mass is 16.5. The lowest BCUT2D eigenvalue weighted by atomic mass is 10.1. The average Bonchev–Trinajstić information content (AvgIpc) is 3.15. The minimum absolute atomic E-state index is 0.101. The van der Waals surface area contributed by atoms with E-state index in [4.69, 9.17) is 4.74 Å². The van der Waals surface area contributed by atoms with E-state index in [-0.39, 0.29) is 5.91 Å². The van der Waals surface area contributed by atoms with Crippen LogP contribution in [0.5, 0.6) is 5.75 Å². The predicted molar refractivity (Wildman–Crippen MR) is 116 cm³/mol. The van der Waals surface area contributed by atoms with Crippen LogP contribution in [0, 0.1) is 6.92 Å². The van der Waals surface area contributed by atoms with Crippen LogP contribution in [0.3, 0.4) is 0 Å². The molecule has 2 aromatic heterocycles. The second-order valence-corrected chi connectivity index (χ2v) is 7.21. The summed E-state index contributed by atoms with van der Waals surface area (Å²) in [5.41, 5.74) is 4.57. The van der Waals surface area contributed by atoms with E-state index < -0.39 is 0 Å². The fourth-order valence-corrected chi connectivity index (χ4v) is 3.23. The van der Waals surface area contributed by atoms with Crippen LogP contribution in [0.15, 0.2) is 73.1 Å². The lowest BCUT2D eigenvalue weighted by molar-refractivity contribution is 0.0952. The van der Waals surface area contributed by atoms with Crippen LogP contribution in [-0.2, 0) is 13.0 Å². The Labute approximate surface area is 175 Å². The molecule has 0 fully saturated rings. The van der Waals surface area contributed by atoms with Crippen molar-refractivity contribution in [1.82, 2.24) is 19.9 Å². The summed E-state index contributed by atoms with van der Waals surface area (Å²) in [7, 11) is 0. The molecule has 0 radical (unpaired) electrons. The van der Waals surface area contributed by atoms with Crippen molar-refractivity contribution in [3.63, 3.8) is 0 Å². The third-order valence-corrected chi connectivity index (χ3v) is 4.76. The summed E-state index contributed by atoms with van der Waals surface area (Å²) in [4.78, 5) is 16.9. The first kappa shape index (κ1) is 19.6. The number of benzene rings is 2. The monoisotopic (exact) mass is 400 g/mol. The van der Waals surface area contributed by atoms with Crippen molar-refractivity contribution >= 4 is 11.6 Å². The van der Waals surface area contributed by atoms with Crippen LogP contribution < -0.4 is 10.1 Å². The zero-order valence-electron chi connectivity index (χ0n) is 16.9. The smallest absolute Gasteiger partial charge is 0.251 e. The Hall–Kier alpha value is -3.67. The first-order chi connectivity index (χ1) is 14.7. The van der Waals surface area contributed by atoms with Crippen molar-refractivity contribution in [2.24, 2.45) is 0 Å². The lowest BCUT2D eigenvalue weighted by Gasteiger charge is -2.09. The van der Waals surface area contributed by atoms with E-state index in [2.05, 4.69) is 15.4 Å². The van der Waals surface area contributed by atoms with Gasteiger partial charge in [-0.2, -0.15) is 5.10 Å². The number of fused-ring (bicyclic) bond motifs is 1. The van der Waals surface area contributed by atoms with Gasteiger partial charge in [0.2, 0.25) is 0 Å². The Kier molecular flexibility index (Phi) is 6.03. The van der Waals surface area contributed by atoms with Gasteiger partial charge in [-0.3, -0.25) is 4.79 Å². The van der Waals surface area contributed by atoms with Crippen molar-refractivity contribution in [2.45, 2.75) is 26.4 Å². The molecule has 152 valence electrons. The summed E-state index contributed by atoms with van der Waals surface area (Å²) in [5.74, 6) is 0.580. The minimum Gasteiger partial charge on any atom is -0.489 e. The maximum atomic E-state index is 12.5. The SMILES string of the molecule is Cc1cc2ncc(CCCNC(=O)c3cccc(OCc4ccccc4)c3)cn2n1. The third-order valence-electron chi connectivity index (χ3n) is 4.76. The Morgan fingerprint density at radius 3 is 2.80 bits per heavy atom. The standard InChI is InChI=1S/C24H24N4O2/c1-18-13-23-26-15-20(16-28(23)27-18)9-6-12-25-24(29)21-10-5-11-22(14-21)30-17-19-7-3-2-4-8-19/h2-5,7-8,10-11,13-16H,6,9,12,17H2,1H3,(H,25,29). The van der Waals surface area contributed by atoms with Crippen LogP contribution >= 0.6 is 0 Å². The van der Waals surface area contributed by atoms with Gasteiger partial charge in [-0.1, -0.05) is 36.4 Å². The molecule has 0 aliphatic rings. The molecule has 4 rings (SSSR count). The van der Waals surface area contributed by atoms with Crippen molar-refractivity contribution in [3.8, 4) is 5.75 Å². The largest absolute Gasteiger partial charge is 0.489 e. The van der Waals surface area contributed by atoms with Gasteiger partial charge in [-0.25, -0.2) is 9.50 Å². The fraction of sp³-hybridized carbons (Fsp3) is 0.208. The van der Waals surface area contributed by atoms with Crippen molar-refractivity contribution in [1.29, 1.82) is 0 Å². The van der Waals surface area contributed by atoms with Crippen LogP contribution in [0.25, 0.3) is 5.65 Å². The molecular weight excluding hydrogens is 376 g/mol. The summed E-state index contributed by atoms with van der Waals surface area (Å²) >= 11 is 0. The highest BCUT2D eigenvalue weighted by Gasteiger charge is 2.07. The van der Waals surface area contributed by atoms with Crippen molar-refractivity contribution in [3.05, 3.63) is 95.4 Å². The molecule has 1 N–H and O–H groups in total. The molecule has 0 saturated carbocycles. The zero-order valence-corrected chi connectivity index (χ0v) is 16.9. The zero-order chi connectivity index (χ0) is 20.8. The Bertz CT molecular complexity index is 1140. The lowest BCUT2D eigenvalue weighted by Crippen LogP contribution is -2.24. The van der Waals surface area contributed by atoms with Gasteiger partial charge < -0.3 is 10.1 Å². The highest BCUT2D eigenvalue weighted by Crippen LogP contribution is 2.15. The topological polar surface area (TPSA) is 68.5 Å². The van der Waals surface area contributed by atoms with Gasteiger partial charge in [0.1, 0.15) is 12.4 Å². The molecule has 1 amide bonds. The normalized spacial score (nSPS) is 10.8. The number of nitrogens with zero attached hydrogens (tertiary/aromatic N) is 3. The fourth-order valence-electron chi connectivity index (χ4n) is 3.23. The van der Waals surface area contributed by atoms with Gasteiger partial charge >= 0.3 is 0 Å². The molecule has 0 aliphatic carbocycles. The Morgan fingerprint density at radius 1 is 1.07 bits per heavy atom. The first-order valence-corrected chi connectivity index (χ1v) is 10.0. The molecule has 30 heavy (non-hydrogen) atoms. The first-order valence-electron chi connectivity index (χ1n) is 10.0. The summed E-state index contributed by atoms with van der Waals surface area (Å²) in [6.07, 6.45) is 5.50. The number of ether oxygens (including phenoxy) is 1. The van der Waals surface area contributed by atoms with Gasteiger partial charge in [0.25, 0.3) is 5.91 Å². The van der Waals surface area contributed by atoms with Crippen LogP contribution in [-0.4, -0.2) is 27.0 Å². The molecule has 0 unspecified atom stereocenters. The van der Waals surface area contributed by atoms with Crippen LogP contribution in [0.4, 0.5) is 0 Å². The molecule has 2 heterocycles. The average molecular weight is 400 g/mol. The van der Waals surface area contributed by atoms with E-state index in [0.29, 0.717) is 24.5 Å². The van der Waals surface area contributed by atoms with E-state index in [1.54, 1.807) is 16.6 Å². The van der Waals surface area contributed by atoms with E-state index >= 15 is 0 Å². The van der Waals surface area contributed by atoms with E-state index in [1.165, 1.54) is 0 Å². The second kappa shape index (κ2) is 9.22. The number of carbonyl (C=O) groups excluding carboxylic acids is 1. The van der Waals surface area contributed by atoms with E-state index in [1.807, 2.05) is 67.8 Å². The van der Waals surface area contributed by atoms with Crippen molar-refractivity contribution in [2.75, 3.05) is 6.54 Å². The number of hydrogen-bond acceptors (Lipinski definition) is 4. The Morgan fingerprint density at radius 2 is 1.93 bits per heavy atom. The molecule has 2 aromatic carbocycles.